The number of carboxylic acid groups (broad SMARTS) is 1. The van der Waals surface area contributed by atoms with Gasteiger partial charge in [-0.25, -0.2) is 4.79 Å². The molecule has 2 aromatic carbocycles. The summed E-state index contributed by atoms with van der Waals surface area (Å²) in [4.78, 5) is 23.3. The second-order valence-corrected chi connectivity index (χ2v) is 5.73. The van der Waals surface area contributed by atoms with Gasteiger partial charge in [-0.2, -0.15) is 12.6 Å². The Bertz CT molecular complexity index is 715. The van der Waals surface area contributed by atoms with Crippen LogP contribution in [0.25, 0.3) is 0 Å². The summed E-state index contributed by atoms with van der Waals surface area (Å²) in [7, 11) is 0. The average molecular weight is 329 g/mol. The highest BCUT2D eigenvalue weighted by atomic mass is 32.1. The normalized spacial score (nSPS) is 11.7. The molecule has 4 nitrogen and oxygen atoms in total. The molecule has 1 amide bonds. The second-order valence-electron chi connectivity index (χ2n) is 5.37. The van der Waals surface area contributed by atoms with E-state index in [1.54, 1.807) is 12.1 Å². The number of benzene rings is 2. The van der Waals surface area contributed by atoms with Crippen LogP contribution in [0.15, 0.2) is 48.5 Å². The zero-order valence-corrected chi connectivity index (χ0v) is 13.7. The van der Waals surface area contributed by atoms with Gasteiger partial charge in [-0.15, -0.1) is 0 Å². The number of nitrogens with one attached hydrogen (secondary N) is 1. The molecule has 0 radical (unpaired) electrons. The highest BCUT2D eigenvalue weighted by Gasteiger charge is 2.15. The molecular formula is C18H19NO3S. The number of hydrogen-bond donors (Lipinski definition) is 3. The van der Waals surface area contributed by atoms with Crippen molar-refractivity contribution in [1.82, 2.24) is 5.32 Å². The number of rotatable bonds is 6. The Morgan fingerprint density at radius 2 is 1.83 bits per heavy atom. The van der Waals surface area contributed by atoms with Crippen molar-refractivity contribution in [3.63, 3.8) is 0 Å². The fourth-order valence-corrected chi connectivity index (χ4v) is 2.55. The molecule has 0 fully saturated rings. The number of amides is 1. The van der Waals surface area contributed by atoms with E-state index in [1.807, 2.05) is 31.2 Å². The minimum Gasteiger partial charge on any atom is -0.478 e. The zero-order chi connectivity index (χ0) is 16.8. The molecule has 2 aromatic rings. The van der Waals surface area contributed by atoms with Crippen molar-refractivity contribution in [1.29, 1.82) is 0 Å². The molecule has 0 aromatic heterocycles. The summed E-state index contributed by atoms with van der Waals surface area (Å²) in [6.07, 6.45) is 0.681. The van der Waals surface area contributed by atoms with Crippen molar-refractivity contribution in [3.05, 3.63) is 70.8 Å². The first-order chi connectivity index (χ1) is 11.0. The van der Waals surface area contributed by atoms with Gasteiger partial charge in [-0.05, 0) is 42.7 Å². The molecule has 2 N–H and O–H groups in total. The molecular weight excluding hydrogens is 310 g/mol. The SMILES string of the molecule is Cc1ccccc1C[C@H](CS)NC(=O)c1cccc(C(=O)O)c1. The van der Waals surface area contributed by atoms with Gasteiger partial charge < -0.3 is 10.4 Å². The average Bonchev–Trinajstić information content (AvgIpc) is 2.56. The van der Waals surface area contributed by atoms with Crippen LogP contribution in [0.4, 0.5) is 0 Å². The third kappa shape index (κ3) is 4.60. The van der Waals surface area contributed by atoms with E-state index in [0.29, 0.717) is 17.7 Å². The van der Waals surface area contributed by atoms with Gasteiger partial charge in [0.25, 0.3) is 5.91 Å². The largest absolute Gasteiger partial charge is 0.478 e. The predicted molar refractivity (Wildman–Crippen MR) is 93.4 cm³/mol. The van der Waals surface area contributed by atoms with Gasteiger partial charge in [0, 0.05) is 17.4 Å². The molecule has 0 unspecified atom stereocenters. The van der Waals surface area contributed by atoms with Crippen LogP contribution in [0.3, 0.4) is 0 Å². The number of carboxylic acids is 1. The molecule has 0 spiro atoms. The molecule has 0 aliphatic carbocycles. The van der Waals surface area contributed by atoms with E-state index in [-0.39, 0.29) is 17.5 Å². The first kappa shape index (κ1) is 17.1. The minimum absolute atomic E-state index is 0.0963. The highest BCUT2D eigenvalue weighted by Crippen LogP contribution is 2.12. The molecule has 2 rings (SSSR count). The van der Waals surface area contributed by atoms with Crippen LogP contribution < -0.4 is 5.32 Å². The third-order valence-electron chi connectivity index (χ3n) is 3.65. The lowest BCUT2D eigenvalue weighted by atomic mass is 10.0. The maximum Gasteiger partial charge on any atom is 0.335 e. The van der Waals surface area contributed by atoms with Crippen molar-refractivity contribution in [2.45, 2.75) is 19.4 Å². The van der Waals surface area contributed by atoms with E-state index in [4.69, 9.17) is 5.11 Å². The first-order valence-electron chi connectivity index (χ1n) is 7.31. The van der Waals surface area contributed by atoms with E-state index in [1.165, 1.54) is 17.7 Å². The van der Waals surface area contributed by atoms with Gasteiger partial charge in [-0.1, -0.05) is 30.3 Å². The summed E-state index contributed by atoms with van der Waals surface area (Å²) in [6.45, 7) is 2.03. The fourth-order valence-electron chi connectivity index (χ4n) is 2.33. The number of carbonyl (C=O) groups is 2. The van der Waals surface area contributed by atoms with E-state index in [9.17, 15) is 9.59 Å². The Labute approximate surface area is 141 Å². The molecule has 0 aliphatic rings. The van der Waals surface area contributed by atoms with E-state index >= 15 is 0 Å². The van der Waals surface area contributed by atoms with Crippen molar-refractivity contribution in [2.24, 2.45) is 0 Å². The van der Waals surface area contributed by atoms with Crippen LogP contribution in [0, 0.1) is 6.92 Å². The number of aryl methyl sites for hydroxylation is 1. The molecule has 5 heteroatoms. The highest BCUT2D eigenvalue weighted by molar-refractivity contribution is 7.80. The van der Waals surface area contributed by atoms with Crippen LogP contribution in [-0.2, 0) is 6.42 Å². The number of carbonyl (C=O) groups excluding carboxylic acids is 1. The monoisotopic (exact) mass is 329 g/mol. The van der Waals surface area contributed by atoms with E-state index in [0.717, 1.165) is 5.56 Å². The van der Waals surface area contributed by atoms with Crippen LogP contribution >= 0.6 is 12.6 Å². The molecule has 0 bridgehead atoms. The standard InChI is InChI=1S/C18H19NO3S/c1-12-5-2-3-6-13(12)10-16(11-23)19-17(20)14-7-4-8-15(9-14)18(21)22/h2-9,16,23H,10-11H2,1H3,(H,19,20)(H,21,22)/t16-/m1/s1. The van der Waals surface area contributed by atoms with Crippen LogP contribution in [-0.4, -0.2) is 28.8 Å². The van der Waals surface area contributed by atoms with Gasteiger partial charge in [-0.3, -0.25) is 4.79 Å². The van der Waals surface area contributed by atoms with Gasteiger partial charge in [0.05, 0.1) is 5.56 Å². The Morgan fingerprint density at radius 3 is 2.48 bits per heavy atom. The number of aromatic carboxylic acids is 1. The lowest BCUT2D eigenvalue weighted by Crippen LogP contribution is -2.38. The van der Waals surface area contributed by atoms with Gasteiger partial charge in [0.2, 0.25) is 0 Å². The maximum absolute atomic E-state index is 12.3. The van der Waals surface area contributed by atoms with Crippen molar-refractivity contribution in [3.8, 4) is 0 Å². The molecule has 23 heavy (non-hydrogen) atoms. The summed E-state index contributed by atoms with van der Waals surface area (Å²) >= 11 is 4.31. The van der Waals surface area contributed by atoms with Crippen molar-refractivity contribution in [2.75, 3.05) is 5.75 Å². The second kappa shape index (κ2) is 7.83. The molecule has 1 atom stereocenters. The van der Waals surface area contributed by atoms with Gasteiger partial charge in [0.15, 0.2) is 0 Å². The molecule has 0 saturated carbocycles. The van der Waals surface area contributed by atoms with Crippen LogP contribution in [0.1, 0.15) is 31.8 Å². The summed E-state index contributed by atoms with van der Waals surface area (Å²) in [6, 6.07) is 13.9. The first-order valence-corrected chi connectivity index (χ1v) is 7.94. The maximum atomic E-state index is 12.3. The molecule has 0 saturated heterocycles. The van der Waals surface area contributed by atoms with E-state index < -0.39 is 5.97 Å². The Hall–Kier alpha value is -2.27. The zero-order valence-electron chi connectivity index (χ0n) is 12.8. The van der Waals surface area contributed by atoms with Gasteiger partial charge >= 0.3 is 5.97 Å². The topological polar surface area (TPSA) is 66.4 Å². The fraction of sp³-hybridized carbons (Fsp3) is 0.222. The third-order valence-corrected chi connectivity index (χ3v) is 4.10. The smallest absolute Gasteiger partial charge is 0.335 e. The minimum atomic E-state index is -1.05. The van der Waals surface area contributed by atoms with Crippen molar-refractivity contribution < 1.29 is 14.7 Å². The number of hydrogen-bond acceptors (Lipinski definition) is 3. The summed E-state index contributed by atoms with van der Waals surface area (Å²) < 4.78 is 0. The van der Waals surface area contributed by atoms with Crippen LogP contribution in [0.2, 0.25) is 0 Å². The summed E-state index contributed by atoms with van der Waals surface area (Å²) in [5, 5.41) is 11.9. The predicted octanol–water partition coefficient (Wildman–Crippen LogP) is 2.96. The summed E-state index contributed by atoms with van der Waals surface area (Å²) in [5.41, 5.74) is 2.76. The lowest BCUT2D eigenvalue weighted by molar-refractivity contribution is 0.0697. The molecule has 0 aliphatic heterocycles. The molecule has 120 valence electrons. The Kier molecular flexibility index (Phi) is 5.82. The quantitative estimate of drug-likeness (QED) is 0.714. The molecule has 0 heterocycles. The van der Waals surface area contributed by atoms with Gasteiger partial charge in [0.1, 0.15) is 0 Å². The lowest BCUT2D eigenvalue weighted by Gasteiger charge is -2.18. The number of thiol groups is 1. The van der Waals surface area contributed by atoms with Crippen LogP contribution in [0.5, 0.6) is 0 Å². The summed E-state index contributed by atoms with van der Waals surface area (Å²) in [5.74, 6) is -0.843. The van der Waals surface area contributed by atoms with E-state index in [2.05, 4.69) is 17.9 Å². The Morgan fingerprint density at radius 1 is 1.13 bits per heavy atom. The van der Waals surface area contributed by atoms with Crippen molar-refractivity contribution >= 4 is 24.5 Å². The Balaban J connectivity index is 2.09.